The van der Waals surface area contributed by atoms with Crippen molar-refractivity contribution in [3.8, 4) is 6.07 Å². The summed E-state index contributed by atoms with van der Waals surface area (Å²) in [4.78, 5) is 0. The van der Waals surface area contributed by atoms with Crippen LogP contribution in [0.15, 0.2) is 0 Å². The van der Waals surface area contributed by atoms with Crippen LogP contribution < -0.4 is 5.32 Å². The first-order valence-electron chi connectivity index (χ1n) is 6.97. The summed E-state index contributed by atoms with van der Waals surface area (Å²) >= 11 is 1.91. The molecule has 0 aromatic carbocycles. The smallest absolute Gasteiger partial charge is 0.104 e. The van der Waals surface area contributed by atoms with Gasteiger partial charge in [-0.3, -0.25) is 5.32 Å². The highest BCUT2D eigenvalue weighted by atomic mass is 32.2. The number of aliphatic hydroxyl groups excluding tert-OH is 1. The Hall–Kier alpha value is -0.240. The molecule has 1 fully saturated rings. The Labute approximate surface area is 115 Å². The molecule has 3 nitrogen and oxygen atoms in total. The Bertz CT molecular complexity index is 275. The molecule has 104 valence electrons. The van der Waals surface area contributed by atoms with Crippen molar-refractivity contribution in [3.63, 3.8) is 0 Å². The summed E-state index contributed by atoms with van der Waals surface area (Å²) in [6.07, 6.45) is 5.66. The van der Waals surface area contributed by atoms with E-state index in [4.69, 9.17) is 5.11 Å². The van der Waals surface area contributed by atoms with Crippen LogP contribution in [-0.2, 0) is 0 Å². The second-order valence-electron chi connectivity index (χ2n) is 5.68. The van der Waals surface area contributed by atoms with Gasteiger partial charge in [0.2, 0.25) is 0 Å². The summed E-state index contributed by atoms with van der Waals surface area (Å²) in [7, 11) is 0. The normalized spacial score (nSPS) is 20.1. The second kappa shape index (κ2) is 8.04. The van der Waals surface area contributed by atoms with E-state index in [2.05, 4.69) is 18.3 Å². The van der Waals surface area contributed by atoms with E-state index in [1.165, 1.54) is 12.8 Å². The largest absolute Gasteiger partial charge is 0.396 e. The van der Waals surface area contributed by atoms with Crippen molar-refractivity contribution in [1.82, 2.24) is 5.32 Å². The molecule has 1 rings (SSSR count). The fourth-order valence-electron chi connectivity index (χ4n) is 1.86. The maximum absolute atomic E-state index is 9.22. The SMILES string of the molecule is CC(CO)CSCCCCC(C)(C#N)NC1CC1. The van der Waals surface area contributed by atoms with Crippen LogP contribution in [0, 0.1) is 17.2 Å². The number of thioether (sulfide) groups is 1. The van der Waals surface area contributed by atoms with Gasteiger partial charge in [-0.2, -0.15) is 17.0 Å². The molecule has 1 saturated carbocycles. The van der Waals surface area contributed by atoms with Gasteiger partial charge in [0.25, 0.3) is 0 Å². The molecule has 1 aliphatic rings. The zero-order chi connectivity index (χ0) is 13.4. The van der Waals surface area contributed by atoms with Gasteiger partial charge in [0.15, 0.2) is 0 Å². The minimum atomic E-state index is -0.329. The lowest BCUT2D eigenvalue weighted by molar-refractivity contribution is 0.250. The minimum Gasteiger partial charge on any atom is -0.396 e. The first-order valence-corrected chi connectivity index (χ1v) is 8.12. The van der Waals surface area contributed by atoms with Crippen molar-refractivity contribution in [2.75, 3.05) is 18.1 Å². The van der Waals surface area contributed by atoms with Crippen molar-refractivity contribution in [1.29, 1.82) is 5.26 Å². The predicted octanol–water partition coefficient (Wildman–Crippen LogP) is 2.55. The molecule has 0 aromatic rings. The highest BCUT2D eigenvalue weighted by Gasteiger charge is 2.31. The van der Waals surface area contributed by atoms with E-state index in [1.807, 2.05) is 18.7 Å². The molecule has 0 amide bonds. The van der Waals surface area contributed by atoms with Crippen molar-refractivity contribution in [3.05, 3.63) is 0 Å². The number of nitriles is 1. The molecule has 2 N–H and O–H groups in total. The average Bonchev–Trinajstić information content (AvgIpc) is 3.17. The van der Waals surface area contributed by atoms with E-state index in [0.717, 1.165) is 30.8 Å². The van der Waals surface area contributed by atoms with Crippen LogP contribution in [0.5, 0.6) is 0 Å². The van der Waals surface area contributed by atoms with Gasteiger partial charge in [-0.05, 0) is 56.5 Å². The summed E-state index contributed by atoms with van der Waals surface area (Å²) in [6.45, 7) is 4.37. The number of hydrogen-bond acceptors (Lipinski definition) is 4. The fraction of sp³-hybridized carbons (Fsp3) is 0.929. The fourth-order valence-corrected chi connectivity index (χ4v) is 2.94. The number of aliphatic hydroxyl groups is 1. The highest BCUT2D eigenvalue weighted by Crippen LogP contribution is 2.25. The molecule has 2 atom stereocenters. The van der Waals surface area contributed by atoms with Gasteiger partial charge in [0.1, 0.15) is 5.54 Å². The van der Waals surface area contributed by atoms with Crippen LogP contribution in [-0.4, -0.2) is 34.8 Å². The van der Waals surface area contributed by atoms with Gasteiger partial charge in [0.05, 0.1) is 6.07 Å². The molecule has 0 heterocycles. The van der Waals surface area contributed by atoms with Crippen molar-refractivity contribution in [2.45, 2.75) is 57.5 Å². The van der Waals surface area contributed by atoms with E-state index < -0.39 is 0 Å². The number of unbranched alkanes of at least 4 members (excludes halogenated alkanes) is 1. The third kappa shape index (κ3) is 6.63. The number of nitrogens with zero attached hydrogens (tertiary/aromatic N) is 1. The van der Waals surface area contributed by atoms with E-state index in [0.29, 0.717) is 12.0 Å². The number of nitrogens with one attached hydrogen (secondary N) is 1. The zero-order valence-corrected chi connectivity index (χ0v) is 12.4. The van der Waals surface area contributed by atoms with E-state index >= 15 is 0 Å². The third-order valence-corrected chi connectivity index (χ3v) is 4.66. The Kier molecular flexibility index (Phi) is 7.06. The van der Waals surface area contributed by atoms with E-state index in [-0.39, 0.29) is 12.1 Å². The molecule has 0 spiro atoms. The van der Waals surface area contributed by atoms with Gasteiger partial charge < -0.3 is 5.11 Å². The van der Waals surface area contributed by atoms with Gasteiger partial charge >= 0.3 is 0 Å². The monoisotopic (exact) mass is 270 g/mol. The molecule has 0 aliphatic heterocycles. The molecule has 2 unspecified atom stereocenters. The lowest BCUT2D eigenvalue weighted by atomic mass is 9.96. The first-order chi connectivity index (χ1) is 8.59. The Morgan fingerprint density at radius 2 is 2.22 bits per heavy atom. The summed E-state index contributed by atoms with van der Waals surface area (Å²) < 4.78 is 0. The van der Waals surface area contributed by atoms with Crippen LogP contribution in [0.4, 0.5) is 0 Å². The second-order valence-corrected chi connectivity index (χ2v) is 6.83. The van der Waals surface area contributed by atoms with Crippen LogP contribution in [0.1, 0.15) is 46.0 Å². The third-order valence-electron chi connectivity index (χ3n) is 3.28. The summed E-state index contributed by atoms with van der Waals surface area (Å²) in [6, 6.07) is 3.01. The highest BCUT2D eigenvalue weighted by molar-refractivity contribution is 7.99. The Morgan fingerprint density at radius 3 is 2.78 bits per heavy atom. The topological polar surface area (TPSA) is 56.0 Å². The summed E-state index contributed by atoms with van der Waals surface area (Å²) in [5, 5.41) is 21.6. The van der Waals surface area contributed by atoms with Crippen LogP contribution in [0.3, 0.4) is 0 Å². The van der Waals surface area contributed by atoms with Crippen molar-refractivity contribution in [2.24, 2.45) is 5.92 Å². The van der Waals surface area contributed by atoms with Gasteiger partial charge in [-0.1, -0.05) is 6.92 Å². The number of hydrogen-bond donors (Lipinski definition) is 2. The first kappa shape index (κ1) is 15.8. The quantitative estimate of drug-likeness (QED) is 0.599. The average molecular weight is 270 g/mol. The Morgan fingerprint density at radius 1 is 1.50 bits per heavy atom. The molecule has 0 bridgehead atoms. The van der Waals surface area contributed by atoms with Gasteiger partial charge in [-0.25, -0.2) is 0 Å². The minimum absolute atomic E-state index is 0.283. The van der Waals surface area contributed by atoms with Crippen LogP contribution in [0.25, 0.3) is 0 Å². The maximum Gasteiger partial charge on any atom is 0.104 e. The molecule has 0 saturated heterocycles. The summed E-state index contributed by atoms with van der Waals surface area (Å²) in [5.74, 6) is 2.57. The molecular formula is C14H26N2OS. The van der Waals surface area contributed by atoms with Crippen molar-refractivity contribution < 1.29 is 5.11 Å². The number of rotatable bonds is 10. The molecular weight excluding hydrogens is 244 g/mol. The summed E-state index contributed by atoms with van der Waals surface area (Å²) in [5.41, 5.74) is -0.329. The Balaban J connectivity index is 2.03. The van der Waals surface area contributed by atoms with Crippen LogP contribution in [0.2, 0.25) is 0 Å². The molecule has 0 aromatic heterocycles. The van der Waals surface area contributed by atoms with E-state index in [1.54, 1.807) is 0 Å². The van der Waals surface area contributed by atoms with E-state index in [9.17, 15) is 5.26 Å². The van der Waals surface area contributed by atoms with Crippen LogP contribution >= 0.6 is 11.8 Å². The molecule has 0 radical (unpaired) electrons. The predicted molar refractivity (Wildman–Crippen MR) is 77.6 cm³/mol. The standard InChI is InChI=1S/C14H26N2OS/c1-12(9-17)10-18-8-4-3-7-14(2,11-15)16-13-5-6-13/h12-13,16-17H,3-10H2,1-2H3. The molecule has 18 heavy (non-hydrogen) atoms. The lowest BCUT2D eigenvalue weighted by Crippen LogP contribution is -2.42. The molecule has 1 aliphatic carbocycles. The van der Waals surface area contributed by atoms with Gasteiger partial charge in [-0.15, -0.1) is 0 Å². The van der Waals surface area contributed by atoms with Crippen molar-refractivity contribution >= 4 is 11.8 Å². The maximum atomic E-state index is 9.22. The van der Waals surface area contributed by atoms with Gasteiger partial charge in [0, 0.05) is 12.6 Å². The lowest BCUT2D eigenvalue weighted by Gasteiger charge is -2.23. The zero-order valence-electron chi connectivity index (χ0n) is 11.6. The molecule has 4 heteroatoms.